The van der Waals surface area contributed by atoms with Crippen LogP contribution in [0.3, 0.4) is 0 Å². The number of amides is 1. The lowest BCUT2D eigenvalue weighted by atomic mass is 10.0. The van der Waals surface area contributed by atoms with E-state index in [1.807, 2.05) is 44.4 Å². The van der Waals surface area contributed by atoms with Gasteiger partial charge in [0, 0.05) is 42.9 Å². The van der Waals surface area contributed by atoms with E-state index in [0.29, 0.717) is 12.1 Å². The SMILES string of the molecule is CCNC(=O)c1cccc(-c2[nH]ncc2CN(C)CCNC)c1. The van der Waals surface area contributed by atoms with Gasteiger partial charge in [-0.25, -0.2) is 0 Å². The zero-order valence-electron chi connectivity index (χ0n) is 14.0. The molecule has 0 radical (unpaired) electrons. The van der Waals surface area contributed by atoms with Gasteiger partial charge in [0.15, 0.2) is 0 Å². The van der Waals surface area contributed by atoms with E-state index in [2.05, 4.69) is 32.8 Å². The normalized spacial score (nSPS) is 11.0. The maximum atomic E-state index is 12.0. The summed E-state index contributed by atoms with van der Waals surface area (Å²) < 4.78 is 0. The molecule has 0 aliphatic carbocycles. The van der Waals surface area contributed by atoms with E-state index >= 15 is 0 Å². The zero-order valence-corrected chi connectivity index (χ0v) is 14.0. The highest BCUT2D eigenvalue weighted by molar-refractivity contribution is 5.95. The summed E-state index contributed by atoms with van der Waals surface area (Å²) in [6, 6.07) is 7.61. The van der Waals surface area contributed by atoms with Gasteiger partial charge in [0.1, 0.15) is 0 Å². The highest BCUT2D eigenvalue weighted by Crippen LogP contribution is 2.23. The van der Waals surface area contributed by atoms with Crippen molar-refractivity contribution in [1.29, 1.82) is 0 Å². The van der Waals surface area contributed by atoms with Gasteiger partial charge in [-0.3, -0.25) is 9.89 Å². The van der Waals surface area contributed by atoms with Gasteiger partial charge in [-0.1, -0.05) is 12.1 Å². The van der Waals surface area contributed by atoms with Gasteiger partial charge >= 0.3 is 0 Å². The predicted molar refractivity (Wildman–Crippen MR) is 92.3 cm³/mol. The zero-order chi connectivity index (χ0) is 16.7. The lowest BCUT2D eigenvalue weighted by Crippen LogP contribution is -2.27. The minimum atomic E-state index is -0.0541. The van der Waals surface area contributed by atoms with Crippen LogP contribution in [0.15, 0.2) is 30.5 Å². The number of carbonyl (C=O) groups is 1. The number of rotatable bonds is 8. The molecule has 1 aromatic heterocycles. The Kier molecular flexibility index (Phi) is 6.31. The van der Waals surface area contributed by atoms with Crippen LogP contribution in [0.2, 0.25) is 0 Å². The van der Waals surface area contributed by atoms with Crippen molar-refractivity contribution in [3.63, 3.8) is 0 Å². The summed E-state index contributed by atoms with van der Waals surface area (Å²) in [6.45, 7) is 5.24. The molecule has 1 heterocycles. The van der Waals surface area contributed by atoms with Gasteiger partial charge in [-0.15, -0.1) is 0 Å². The molecule has 2 rings (SSSR count). The summed E-state index contributed by atoms with van der Waals surface area (Å²) in [5, 5.41) is 13.2. The maximum Gasteiger partial charge on any atom is 0.251 e. The highest BCUT2D eigenvalue weighted by atomic mass is 16.1. The van der Waals surface area contributed by atoms with E-state index < -0.39 is 0 Å². The first-order valence-electron chi connectivity index (χ1n) is 7.89. The van der Waals surface area contributed by atoms with E-state index in [1.54, 1.807) is 0 Å². The number of hydrogen-bond donors (Lipinski definition) is 3. The molecule has 0 atom stereocenters. The largest absolute Gasteiger partial charge is 0.352 e. The molecule has 124 valence electrons. The van der Waals surface area contributed by atoms with Gasteiger partial charge in [-0.05, 0) is 33.2 Å². The molecule has 0 saturated carbocycles. The number of hydrogen-bond acceptors (Lipinski definition) is 4. The van der Waals surface area contributed by atoms with Crippen molar-refractivity contribution in [2.24, 2.45) is 0 Å². The summed E-state index contributed by atoms with van der Waals surface area (Å²) >= 11 is 0. The van der Waals surface area contributed by atoms with Crippen molar-refractivity contribution >= 4 is 5.91 Å². The van der Waals surface area contributed by atoms with E-state index in [9.17, 15) is 4.79 Å². The third-order valence-electron chi connectivity index (χ3n) is 3.65. The first kappa shape index (κ1) is 17.2. The number of likely N-dealkylation sites (N-methyl/N-ethyl adjacent to an activating group) is 2. The summed E-state index contributed by atoms with van der Waals surface area (Å²) in [5.74, 6) is -0.0541. The number of nitrogens with one attached hydrogen (secondary N) is 3. The Labute approximate surface area is 137 Å². The van der Waals surface area contributed by atoms with Crippen LogP contribution in [0.25, 0.3) is 11.3 Å². The van der Waals surface area contributed by atoms with Crippen molar-refractivity contribution in [3.05, 3.63) is 41.6 Å². The Morgan fingerprint density at radius 1 is 1.39 bits per heavy atom. The van der Waals surface area contributed by atoms with Gasteiger partial charge < -0.3 is 15.5 Å². The molecular weight excluding hydrogens is 290 g/mol. The van der Waals surface area contributed by atoms with Gasteiger partial charge in [0.25, 0.3) is 5.91 Å². The van der Waals surface area contributed by atoms with Crippen LogP contribution in [-0.4, -0.2) is 54.7 Å². The van der Waals surface area contributed by atoms with Crippen LogP contribution in [0, 0.1) is 0 Å². The molecule has 0 fully saturated rings. The van der Waals surface area contributed by atoms with Gasteiger partial charge in [0.2, 0.25) is 0 Å². The van der Waals surface area contributed by atoms with Crippen LogP contribution < -0.4 is 10.6 Å². The number of H-pyrrole nitrogens is 1. The third-order valence-corrected chi connectivity index (χ3v) is 3.65. The molecule has 0 bridgehead atoms. The second-order valence-electron chi connectivity index (χ2n) is 5.55. The quantitative estimate of drug-likeness (QED) is 0.690. The summed E-state index contributed by atoms with van der Waals surface area (Å²) in [6.07, 6.45) is 1.85. The van der Waals surface area contributed by atoms with Gasteiger partial charge in [0.05, 0.1) is 11.9 Å². The summed E-state index contributed by atoms with van der Waals surface area (Å²) in [5.41, 5.74) is 3.72. The molecule has 0 saturated heterocycles. The predicted octanol–water partition coefficient (Wildman–Crippen LogP) is 1.48. The maximum absolute atomic E-state index is 12.0. The van der Waals surface area contributed by atoms with Crippen molar-refractivity contribution in [1.82, 2.24) is 25.7 Å². The molecule has 0 aliphatic heterocycles. The number of benzene rings is 1. The number of aromatic amines is 1. The van der Waals surface area contributed by atoms with Crippen LogP contribution in [0.4, 0.5) is 0 Å². The standard InChI is InChI=1S/C17H25N5O/c1-4-19-17(23)14-7-5-6-13(10-14)16-15(11-20-21-16)12-22(3)9-8-18-2/h5-7,10-11,18H,4,8-9,12H2,1-3H3,(H,19,23)(H,20,21). The molecule has 0 spiro atoms. The van der Waals surface area contributed by atoms with Crippen molar-refractivity contribution in [2.45, 2.75) is 13.5 Å². The smallest absolute Gasteiger partial charge is 0.251 e. The second-order valence-corrected chi connectivity index (χ2v) is 5.55. The van der Waals surface area contributed by atoms with E-state index in [-0.39, 0.29) is 5.91 Å². The van der Waals surface area contributed by atoms with Gasteiger partial charge in [-0.2, -0.15) is 5.10 Å². The Morgan fingerprint density at radius 3 is 2.96 bits per heavy atom. The van der Waals surface area contributed by atoms with E-state index in [0.717, 1.165) is 36.5 Å². The highest BCUT2D eigenvalue weighted by Gasteiger charge is 2.12. The summed E-state index contributed by atoms with van der Waals surface area (Å²) in [4.78, 5) is 14.2. The molecule has 23 heavy (non-hydrogen) atoms. The van der Waals surface area contributed by atoms with Crippen LogP contribution in [0.5, 0.6) is 0 Å². The number of aromatic nitrogens is 2. The van der Waals surface area contributed by atoms with Crippen molar-refractivity contribution < 1.29 is 4.79 Å². The molecular formula is C17H25N5O. The topological polar surface area (TPSA) is 73.0 Å². The average Bonchev–Trinajstić information content (AvgIpc) is 3.01. The first-order valence-corrected chi connectivity index (χ1v) is 7.89. The molecule has 2 aromatic rings. The lowest BCUT2D eigenvalue weighted by Gasteiger charge is -2.16. The fourth-order valence-corrected chi connectivity index (χ4v) is 2.43. The van der Waals surface area contributed by atoms with E-state index in [4.69, 9.17) is 0 Å². The Hall–Kier alpha value is -2.18. The number of nitrogens with zero attached hydrogens (tertiary/aromatic N) is 2. The van der Waals surface area contributed by atoms with Crippen LogP contribution >= 0.6 is 0 Å². The molecule has 0 aliphatic rings. The summed E-state index contributed by atoms with van der Waals surface area (Å²) in [7, 11) is 4.03. The third kappa shape index (κ3) is 4.64. The Morgan fingerprint density at radius 2 is 2.22 bits per heavy atom. The fourth-order valence-electron chi connectivity index (χ4n) is 2.43. The number of carbonyl (C=O) groups excluding carboxylic acids is 1. The van der Waals surface area contributed by atoms with Crippen molar-refractivity contribution in [2.75, 3.05) is 33.7 Å². The monoisotopic (exact) mass is 315 g/mol. The fraction of sp³-hybridized carbons (Fsp3) is 0.412. The minimum absolute atomic E-state index is 0.0541. The molecule has 0 unspecified atom stereocenters. The molecule has 6 heteroatoms. The molecule has 3 N–H and O–H groups in total. The van der Waals surface area contributed by atoms with E-state index in [1.165, 1.54) is 0 Å². The first-order chi connectivity index (χ1) is 11.2. The second kappa shape index (κ2) is 8.45. The lowest BCUT2D eigenvalue weighted by molar-refractivity contribution is 0.0956. The Bertz CT molecular complexity index is 637. The van der Waals surface area contributed by atoms with Crippen molar-refractivity contribution in [3.8, 4) is 11.3 Å². The average molecular weight is 315 g/mol. The minimum Gasteiger partial charge on any atom is -0.352 e. The molecule has 6 nitrogen and oxygen atoms in total. The molecule has 1 amide bonds. The van der Waals surface area contributed by atoms with Crippen LogP contribution in [-0.2, 0) is 6.54 Å². The van der Waals surface area contributed by atoms with Crippen LogP contribution in [0.1, 0.15) is 22.8 Å². The Balaban J connectivity index is 2.18. The molecule has 1 aromatic carbocycles.